The summed E-state index contributed by atoms with van der Waals surface area (Å²) < 4.78 is 2.51. The molecule has 2 aliphatic rings. The number of halogens is 2. The first-order valence-electron chi connectivity index (χ1n) is 4.57. The summed E-state index contributed by atoms with van der Waals surface area (Å²) >= 11 is 18.3. The molecule has 18 heavy (non-hydrogen) atoms. The van der Waals surface area contributed by atoms with Gasteiger partial charge < -0.3 is 0 Å². The highest BCUT2D eigenvalue weighted by Gasteiger charge is 2.21. The van der Waals surface area contributed by atoms with E-state index < -0.39 is 0 Å². The lowest BCUT2D eigenvalue weighted by Crippen LogP contribution is -1.95. The predicted octanol–water partition coefficient (Wildman–Crippen LogP) is 5.03. The number of hydrogen-bond acceptors (Lipinski definition) is 7. The number of rotatable bonds is 1. The molecule has 0 aliphatic carbocycles. The molecule has 3 nitrogen and oxygen atoms in total. The molecule has 3 rings (SSSR count). The van der Waals surface area contributed by atoms with Crippen LogP contribution in [0.1, 0.15) is 5.82 Å². The molecule has 0 amide bonds. The SMILES string of the molecule is Clc1nc(Cl)nc(C2=CSC(=C3SC=CS3)S2)n1. The zero-order valence-corrected chi connectivity index (χ0v) is 13.2. The summed E-state index contributed by atoms with van der Waals surface area (Å²) in [6, 6.07) is 0. The molecule has 0 atom stereocenters. The Hall–Kier alpha value is 0.210. The van der Waals surface area contributed by atoms with Crippen LogP contribution in [0.2, 0.25) is 10.6 Å². The lowest BCUT2D eigenvalue weighted by atomic mass is 10.6. The van der Waals surface area contributed by atoms with E-state index in [0.717, 1.165) is 4.91 Å². The highest BCUT2D eigenvalue weighted by molar-refractivity contribution is 8.35. The average Bonchev–Trinajstić information content (AvgIpc) is 2.99. The zero-order chi connectivity index (χ0) is 12.5. The van der Waals surface area contributed by atoms with E-state index in [1.807, 2.05) is 5.41 Å². The van der Waals surface area contributed by atoms with Crippen LogP contribution >= 0.6 is 70.2 Å². The fraction of sp³-hybridized carbons (Fsp3) is 0. The fourth-order valence-corrected chi connectivity index (χ4v) is 5.93. The van der Waals surface area contributed by atoms with Crippen molar-refractivity contribution in [2.75, 3.05) is 0 Å². The standard InChI is InChI=1S/C9H3Cl2N3S4/c10-8-12-5(13-9(11)14-8)4-3-17-7(18-4)6-15-1-2-16-6/h1-3H. The first-order chi connectivity index (χ1) is 8.72. The Labute approximate surface area is 130 Å². The maximum atomic E-state index is 5.77. The summed E-state index contributed by atoms with van der Waals surface area (Å²) in [5.74, 6) is 0.522. The topological polar surface area (TPSA) is 38.7 Å². The first-order valence-corrected chi connectivity index (χ1v) is 8.78. The van der Waals surface area contributed by atoms with Gasteiger partial charge in [0.15, 0.2) is 5.82 Å². The zero-order valence-electron chi connectivity index (χ0n) is 8.46. The Morgan fingerprint density at radius 3 is 2.17 bits per heavy atom. The van der Waals surface area contributed by atoms with Crippen LogP contribution in [0, 0.1) is 0 Å². The summed E-state index contributed by atoms with van der Waals surface area (Å²) in [6.45, 7) is 0. The van der Waals surface area contributed by atoms with Gasteiger partial charge in [0.25, 0.3) is 0 Å². The molecule has 0 spiro atoms. The van der Waals surface area contributed by atoms with Crippen molar-refractivity contribution in [3.8, 4) is 0 Å². The summed E-state index contributed by atoms with van der Waals surface area (Å²) in [4.78, 5) is 12.8. The minimum atomic E-state index is 0.115. The number of aromatic nitrogens is 3. The lowest BCUT2D eigenvalue weighted by Gasteiger charge is -2.02. The monoisotopic (exact) mass is 351 g/mol. The van der Waals surface area contributed by atoms with Crippen LogP contribution in [0.3, 0.4) is 0 Å². The van der Waals surface area contributed by atoms with Crippen LogP contribution in [-0.4, -0.2) is 15.0 Å². The smallest absolute Gasteiger partial charge is 0.197 e. The third kappa shape index (κ3) is 2.86. The normalized spacial score (nSPS) is 18.7. The van der Waals surface area contributed by atoms with Gasteiger partial charge >= 0.3 is 0 Å². The maximum Gasteiger partial charge on any atom is 0.227 e. The van der Waals surface area contributed by atoms with Gasteiger partial charge in [0.2, 0.25) is 10.6 Å². The van der Waals surface area contributed by atoms with E-state index in [2.05, 4.69) is 25.8 Å². The predicted molar refractivity (Wildman–Crippen MR) is 84.4 cm³/mol. The highest BCUT2D eigenvalue weighted by atomic mass is 35.5. The lowest BCUT2D eigenvalue weighted by molar-refractivity contribution is 1.03. The second-order valence-electron chi connectivity index (χ2n) is 2.98. The molecule has 2 aliphatic heterocycles. The Morgan fingerprint density at radius 1 is 0.833 bits per heavy atom. The molecule has 0 aromatic carbocycles. The molecule has 1 aromatic rings. The van der Waals surface area contributed by atoms with Gasteiger partial charge in [-0.15, -0.1) is 0 Å². The van der Waals surface area contributed by atoms with E-state index in [1.165, 1.54) is 8.47 Å². The Balaban J connectivity index is 1.85. The minimum Gasteiger partial charge on any atom is -0.197 e. The van der Waals surface area contributed by atoms with Crippen molar-refractivity contribution in [1.82, 2.24) is 15.0 Å². The van der Waals surface area contributed by atoms with E-state index >= 15 is 0 Å². The van der Waals surface area contributed by atoms with Gasteiger partial charge in [-0.25, -0.2) is 0 Å². The molecule has 0 radical (unpaired) electrons. The second-order valence-corrected chi connectivity index (χ2v) is 7.94. The molecule has 92 valence electrons. The summed E-state index contributed by atoms with van der Waals surface area (Å²) in [7, 11) is 0. The Bertz CT molecular complexity index is 569. The van der Waals surface area contributed by atoms with E-state index in [4.69, 9.17) is 23.2 Å². The first kappa shape index (κ1) is 13.2. The average molecular weight is 352 g/mol. The van der Waals surface area contributed by atoms with E-state index in [0.29, 0.717) is 5.82 Å². The van der Waals surface area contributed by atoms with Gasteiger partial charge in [0.05, 0.1) is 13.4 Å². The Kier molecular flexibility index (Phi) is 4.17. The second kappa shape index (κ2) is 5.68. The Morgan fingerprint density at radius 2 is 1.50 bits per heavy atom. The van der Waals surface area contributed by atoms with Crippen molar-refractivity contribution in [3.05, 3.63) is 41.1 Å². The van der Waals surface area contributed by atoms with Crippen LogP contribution in [0.25, 0.3) is 4.91 Å². The quantitative estimate of drug-likeness (QED) is 0.701. The van der Waals surface area contributed by atoms with Crippen molar-refractivity contribution in [2.45, 2.75) is 0 Å². The van der Waals surface area contributed by atoms with Crippen molar-refractivity contribution in [2.24, 2.45) is 0 Å². The molecule has 1 aromatic heterocycles. The van der Waals surface area contributed by atoms with Crippen LogP contribution in [0.5, 0.6) is 0 Å². The summed E-state index contributed by atoms with van der Waals surface area (Å²) in [5, 5.41) is 6.38. The van der Waals surface area contributed by atoms with E-state index in [-0.39, 0.29) is 10.6 Å². The largest absolute Gasteiger partial charge is 0.227 e. The number of thioether (sulfide) groups is 4. The van der Waals surface area contributed by atoms with Crippen LogP contribution < -0.4 is 0 Å². The molecule has 0 fully saturated rings. The van der Waals surface area contributed by atoms with Gasteiger partial charge in [0, 0.05) is 0 Å². The van der Waals surface area contributed by atoms with Crippen molar-refractivity contribution >= 4 is 75.2 Å². The van der Waals surface area contributed by atoms with E-state index in [9.17, 15) is 0 Å². The van der Waals surface area contributed by atoms with Crippen molar-refractivity contribution in [1.29, 1.82) is 0 Å². The number of nitrogens with zero attached hydrogens (tertiary/aromatic N) is 3. The molecule has 3 heterocycles. The molecule has 0 saturated heterocycles. The number of hydrogen-bond donors (Lipinski definition) is 0. The molecule has 0 saturated carbocycles. The van der Waals surface area contributed by atoms with E-state index in [1.54, 1.807) is 47.0 Å². The van der Waals surface area contributed by atoms with Crippen molar-refractivity contribution in [3.63, 3.8) is 0 Å². The van der Waals surface area contributed by atoms with Crippen LogP contribution in [-0.2, 0) is 0 Å². The molecule has 0 N–H and O–H groups in total. The third-order valence-electron chi connectivity index (χ3n) is 1.85. The highest BCUT2D eigenvalue weighted by Crippen LogP contribution is 2.55. The van der Waals surface area contributed by atoms with Gasteiger partial charge in [-0.2, -0.15) is 15.0 Å². The van der Waals surface area contributed by atoms with Crippen LogP contribution in [0.4, 0.5) is 0 Å². The molecular weight excluding hydrogens is 349 g/mol. The summed E-state index contributed by atoms with van der Waals surface area (Å²) in [6.07, 6.45) is 0. The van der Waals surface area contributed by atoms with Gasteiger partial charge in [0.1, 0.15) is 0 Å². The molecule has 0 unspecified atom stereocenters. The molecular formula is C9H3Cl2N3S4. The third-order valence-corrected chi connectivity index (χ3v) is 7.20. The van der Waals surface area contributed by atoms with Crippen molar-refractivity contribution < 1.29 is 0 Å². The van der Waals surface area contributed by atoms with Crippen LogP contribution in [0.15, 0.2) is 24.7 Å². The van der Waals surface area contributed by atoms with Gasteiger partial charge in [-0.1, -0.05) is 47.0 Å². The van der Waals surface area contributed by atoms with Gasteiger partial charge in [-0.05, 0) is 39.4 Å². The minimum absolute atomic E-state index is 0.115. The molecule has 0 bridgehead atoms. The van der Waals surface area contributed by atoms with Gasteiger partial charge in [-0.3, -0.25) is 0 Å². The molecule has 9 heteroatoms. The summed E-state index contributed by atoms with van der Waals surface area (Å²) in [5.41, 5.74) is 0. The maximum absolute atomic E-state index is 5.77. The fourth-order valence-electron chi connectivity index (χ4n) is 1.18.